The van der Waals surface area contributed by atoms with Crippen LogP contribution in [0.5, 0.6) is 0 Å². The molecule has 0 aliphatic carbocycles. The first-order valence-corrected chi connectivity index (χ1v) is 6.96. The van der Waals surface area contributed by atoms with E-state index in [0.717, 1.165) is 5.56 Å². The molecule has 5 heteroatoms. The van der Waals surface area contributed by atoms with Gasteiger partial charge in [-0.15, -0.1) is 0 Å². The molecule has 2 N–H and O–H groups in total. The number of aliphatic hydroxyl groups excluding tert-OH is 1. The van der Waals surface area contributed by atoms with Crippen molar-refractivity contribution in [3.63, 3.8) is 0 Å². The van der Waals surface area contributed by atoms with Crippen LogP contribution < -0.4 is 10.7 Å². The summed E-state index contributed by atoms with van der Waals surface area (Å²) >= 11 is 0. The third-order valence-corrected chi connectivity index (χ3v) is 3.23. The highest BCUT2D eigenvalue weighted by molar-refractivity contribution is 5.92. The molecule has 0 aliphatic heterocycles. The maximum Gasteiger partial charge on any atom is 0.244 e. The van der Waals surface area contributed by atoms with Crippen LogP contribution in [0.4, 0.5) is 0 Å². The molecule has 0 unspecified atom stereocenters. The van der Waals surface area contributed by atoms with Gasteiger partial charge in [0.1, 0.15) is 11.8 Å². The Kier molecular flexibility index (Phi) is 4.47. The number of aryl methyl sites for hydroxylation is 1. The molecular formula is C17H19NO4. The number of hydrogen-bond acceptors (Lipinski definition) is 4. The molecule has 2 aromatic rings. The van der Waals surface area contributed by atoms with E-state index in [-0.39, 0.29) is 17.9 Å². The Hall–Kier alpha value is -2.40. The van der Waals surface area contributed by atoms with Crippen LogP contribution in [0.15, 0.2) is 39.7 Å². The fraction of sp³-hybridized carbons (Fsp3) is 0.294. The van der Waals surface area contributed by atoms with Crippen molar-refractivity contribution in [3.05, 3.63) is 51.9 Å². The number of fused-ring (bicyclic) bond motifs is 1. The van der Waals surface area contributed by atoms with Crippen LogP contribution in [0, 0.1) is 6.92 Å². The number of hydrogen-bond donors (Lipinski definition) is 2. The molecule has 0 radical (unpaired) electrons. The van der Waals surface area contributed by atoms with Crippen LogP contribution in [0.1, 0.15) is 25.0 Å². The van der Waals surface area contributed by atoms with Crippen molar-refractivity contribution < 1.29 is 14.3 Å². The lowest BCUT2D eigenvalue weighted by atomic mass is 10.1. The van der Waals surface area contributed by atoms with Gasteiger partial charge in [0, 0.05) is 6.08 Å². The van der Waals surface area contributed by atoms with Gasteiger partial charge in [0.05, 0.1) is 23.1 Å². The second-order valence-electron chi connectivity index (χ2n) is 5.88. The predicted octanol–water partition coefficient (Wildman–Crippen LogP) is 2.00. The Morgan fingerprint density at radius 1 is 1.41 bits per heavy atom. The molecule has 0 spiro atoms. The minimum atomic E-state index is -0.716. The Balaban J connectivity index is 2.29. The molecule has 0 aliphatic rings. The molecule has 116 valence electrons. The predicted molar refractivity (Wildman–Crippen MR) is 85.6 cm³/mol. The average molecular weight is 301 g/mol. The third-order valence-electron chi connectivity index (χ3n) is 3.23. The first-order chi connectivity index (χ1) is 10.3. The van der Waals surface area contributed by atoms with Gasteiger partial charge in [-0.3, -0.25) is 9.59 Å². The number of carbonyl (C=O) groups excluding carboxylic acids is 1. The summed E-state index contributed by atoms with van der Waals surface area (Å²) in [5.41, 5.74) is 0.875. The standard InChI is InChI=1S/C17H19NO4/c1-11-4-6-14-13(8-11)16(21)12(9-22-14)5-7-15(20)18-17(2,3)10-19/h4-9,19H,10H2,1-3H3,(H,18,20)/b7-5+. The summed E-state index contributed by atoms with van der Waals surface area (Å²) in [7, 11) is 0. The number of aliphatic hydroxyl groups is 1. The van der Waals surface area contributed by atoms with Gasteiger partial charge in [-0.05, 0) is 39.0 Å². The van der Waals surface area contributed by atoms with Gasteiger partial charge < -0.3 is 14.8 Å². The lowest BCUT2D eigenvalue weighted by Gasteiger charge is -2.22. The molecule has 0 saturated carbocycles. The fourth-order valence-corrected chi connectivity index (χ4v) is 1.96. The second kappa shape index (κ2) is 6.15. The molecule has 0 saturated heterocycles. The van der Waals surface area contributed by atoms with Crippen molar-refractivity contribution >= 4 is 23.0 Å². The molecular weight excluding hydrogens is 282 g/mol. The highest BCUT2D eigenvalue weighted by atomic mass is 16.3. The van der Waals surface area contributed by atoms with Gasteiger partial charge in [-0.2, -0.15) is 0 Å². The Morgan fingerprint density at radius 3 is 2.82 bits per heavy atom. The first kappa shape index (κ1) is 16.0. The van der Waals surface area contributed by atoms with Gasteiger partial charge in [0.2, 0.25) is 5.91 Å². The van der Waals surface area contributed by atoms with Crippen LogP contribution in [0.3, 0.4) is 0 Å². The number of rotatable bonds is 4. The summed E-state index contributed by atoms with van der Waals surface area (Å²) in [4.78, 5) is 24.1. The van der Waals surface area contributed by atoms with E-state index in [9.17, 15) is 9.59 Å². The highest BCUT2D eigenvalue weighted by Crippen LogP contribution is 2.13. The molecule has 0 fully saturated rings. The Bertz CT molecular complexity index is 787. The average Bonchev–Trinajstić information content (AvgIpc) is 2.47. The van der Waals surface area contributed by atoms with Crippen molar-refractivity contribution in [1.82, 2.24) is 5.32 Å². The van der Waals surface area contributed by atoms with Crippen molar-refractivity contribution in [2.24, 2.45) is 0 Å². The van der Waals surface area contributed by atoms with Gasteiger partial charge in [-0.1, -0.05) is 11.6 Å². The summed E-state index contributed by atoms with van der Waals surface area (Å²) in [5.74, 6) is -0.386. The van der Waals surface area contributed by atoms with Crippen molar-refractivity contribution in [3.8, 4) is 0 Å². The fourth-order valence-electron chi connectivity index (χ4n) is 1.96. The van der Waals surface area contributed by atoms with E-state index in [1.54, 1.807) is 26.0 Å². The molecule has 2 rings (SSSR count). The smallest absolute Gasteiger partial charge is 0.244 e. The van der Waals surface area contributed by atoms with E-state index in [1.165, 1.54) is 18.4 Å². The first-order valence-electron chi connectivity index (χ1n) is 6.96. The van der Waals surface area contributed by atoms with E-state index in [4.69, 9.17) is 9.52 Å². The normalized spacial score (nSPS) is 12.0. The zero-order valence-corrected chi connectivity index (χ0v) is 12.8. The molecule has 1 amide bonds. The molecule has 5 nitrogen and oxygen atoms in total. The lowest BCUT2D eigenvalue weighted by molar-refractivity contribution is -0.118. The zero-order valence-electron chi connectivity index (χ0n) is 12.8. The van der Waals surface area contributed by atoms with Crippen molar-refractivity contribution in [2.75, 3.05) is 6.61 Å². The van der Waals surface area contributed by atoms with E-state index in [2.05, 4.69) is 5.32 Å². The summed E-state index contributed by atoms with van der Waals surface area (Å²) in [6.07, 6.45) is 4.00. The quantitative estimate of drug-likeness (QED) is 0.847. The van der Waals surface area contributed by atoms with Crippen LogP contribution in [0.25, 0.3) is 17.0 Å². The SMILES string of the molecule is Cc1ccc2occ(/C=C/C(=O)NC(C)(C)CO)c(=O)c2c1. The van der Waals surface area contributed by atoms with E-state index in [1.807, 2.05) is 13.0 Å². The molecule has 1 aromatic heterocycles. The van der Waals surface area contributed by atoms with Gasteiger partial charge in [0.15, 0.2) is 5.43 Å². The molecule has 1 aromatic carbocycles. The zero-order chi connectivity index (χ0) is 16.3. The van der Waals surface area contributed by atoms with E-state index in [0.29, 0.717) is 16.5 Å². The van der Waals surface area contributed by atoms with Crippen molar-refractivity contribution in [2.45, 2.75) is 26.3 Å². The third kappa shape index (κ3) is 3.62. The Labute approximate surface area is 128 Å². The molecule has 22 heavy (non-hydrogen) atoms. The Morgan fingerprint density at radius 2 is 2.14 bits per heavy atom. The van der Waals surface area contributed by atoms with Crippen LogP contribution >= 0.6 is 0 Å². The highest BCUT2D eigenvalue weighted by Gasteiger charge is 2.17. The summed E-state index contributed by atoms with van der Waals surface area (Å²) < 4.78 is 5.41. The minimum Gasteiger partial charge on any atom is -0.463 e. The van der Waals surface area contributed by atoms with Crippen LogP contribution in [-0.4, -0.2) is 23.2 Å². The summed E-state index contributed by atoms with van der Waals surface area (Å²) in [5, 5.41) is 12.2. The molecule has 0 bridgehead atoms. The number of benzene rings is 1. The molecule has 1 heterocycles. The summed E-state index contributed by atoms with van der Waals surface area (Å²) in [6.45, 7) is 5.12. The largest absolute Gasteiger partial charge is 0.463 e. The van der Waals surface area contributed by atoms with E-state index < -0.39 is 5.54 Å². The minimum absolute atomic E-state index is 0.177. The maximum atomic E-state index is 12.4. The van der Waals surface area contributed by atoms with Crippen molar-refractivity contribution in [1.29, 1.82) is 0 Å². The summed E-state index contributed by atoms with van der Waals surface area (Å²) in [6, 6.07) is 5.37. The van der Waals surface area contributed by atoms with Gasteiger partial charge >= 0.3 is 0 Å². The van der Waals surface area contributed by atoms with Crippen LogP contribution in [0.2, 0.25) is 0 Å². The second-order valence-corrected chi connectivity index (χ2v) is 5.88. The monoisotopic (exact) mass is 301 g/mol. The topological polar surface area (TPSA) is 79.5 Å². The van der Waals surface area contributed by atoms with Crippen LogP contribution in [-0.2, 0) is 4.79 Å². The number of carbonyl (C=O) groups is 1. The lowest BCUT2D eigenvalue weighted by Crippen LogP contribution is -2.45. The van der Waals surface area contributed by atoms with Gasteiger partial charge in [0.25, 0.3) is 0 Å². The number of nitrogens with one attached hydrogen (secondary N) is 1. The van der Waals surface area contributed by atoms with E-state index >= 15 is 0 Å². The number of amides is 1. The molecule has 0 atom stereocenters. The maximum absolute atomic E-state index is 12.4. The van der Waals surface area contributed by atoms with Gasteiger partial charge in [-0.25, -0.2) is 0 Å².